The van der Waals surface area contributed by atoms with Crippen molar-refractivity contribution in [1.29, 1.82) is 0 Å². The highest BCUT2D eigenvalue weighted by atomic mass is 32.2. The molecule has 11 heteroatoms. The summed E-state index contributed by atoms with van der Waals surface area (Å²) in [6.07, 6.45) is 0. The average molecular weight is 480 g/mol. The number of aliphatic imine (C=N–C) groups is 1. The number of non-ortho nitro benzene ring substituents is 1. The van der Waals surface area contributed by atoms with Gasteiger partial charge in [0.2, 0.25) is 0 Å². The molecular weight excluding hydrogens is 458 g/mol. The first-order valence-electron chi connectivity index (χ1n) is 10.8. The third kappa shape index (κ3) is 4.32. The molecule has 0 aliphatic carbocycles. The van der Waals surface area contributed by atoms with Crippen LogP contribution in [0.2, 0.25) is 0 Å². The van der Waals surface area contributed by atoms with Crippen LogP contribution in [0.3, 0.4) is 0 Å². The number of hydrogen-bond donors (Lipinski definition) is 1. The number of carbonyl (C=O) groups excluding carboxylic acids is 2. The molecule has 1 N–H and O–H groups in total. The predicted molar refractivity (Wildman–Crippen MR) is 129 cm³/mol. The van der Waals surface area contributed by atoms with Gasteiger partial charge in [-0.3, -0.25) is 29.5 Å². The molecule has 0 saturated carbocycles. The molecule has 174 valence electrons. The van der Waals surface area contributed by atoms with E-state index < -0.39 is 10.8 Å². The summed E-state index contributed by atoms with van der Waals surface area (Å²) in [6, 6.07) is 13.4. The van der Waals surface area contributed by atoms with Crippen molar-refractivity contribution in [3.05, 3.63) is 69.1 Å². The van der Waals surface area contributed by atoms with Gasteiger partial charge in [-0.05, 0) is 30.0 Å². The lowest BCUT2D eigenvalue weighted by atomic mass is 10.1. The molecule has 34 heavy (non-hydrogen) atoms. The number of nitro benzene ring substituents is 1. The van der Waals surface area contributed by atoms with E-state index in [1.807, 2.05) is 30.3 Å². The molecule has 0 spiro atoms. The van der Waals surface area contributed by atoms with Crippen molar-refractivity contribution in [2.45, 2.75) is 0 Å². The maximum Gasteiger partial charge on any atom is 0.270 e. The average Bonchev–Trinajstić information content (AvgIpc) is 3.33. The highest BCUT2D eigenvalue weighted by Crippen LogP contribution is 2.43. The second-order valence-corrected chi connectivity index (χ2v) is 8.87. The van der Waals surface area contributed by atoms with Gasteiger partial charge in [-0.1, -0.05) is 18.2 Å². The summed E-state index contributed by atoms with van der Waals surface area (Å²) in [4.78, 5) is 45.8. The molecule has 2 aromatic rings. The Morgan fingerprint density at radius 3 is 2.59 bits per heavy atom. The number of ether oxygens (including phenoxy) is 1. The van der Waals surface area contributed by atoms with Gasteiger partial charge < -0.3 is 10.1 Å². The number of amidine groups is 1. The zero-order valence-corrected chi connectivity index (χ0v) is 18.9. The highest BCUT2D eigenvalue weighted by molar-refractivity contribution is 8.18. The number of nitro groups is 1. The normalized spacial score (nSPS) is 21.8. The summed E-state index contributed by atoms with van der Waals surface area (Å²) in [5.74, 6) is -0.794. The molecule has 3 aliphatic heterocycles. The highest BCUT2D eigenvalue weighted by Gasteiger charge is 2.40. The Hall–Kier alpha value is -3.54. The van der Waals surface area contributed by atoms with E-state index in [1.165, 1.54) is 18.2 Å². The maximum atomic E-state index is 13.5. The van der Waals surface area contributed by atoms with Crippen molar-refractivity contribution in [3.8, 4) is 0 Å². The van der Waals surface area contributed by atoms with E-state index in [-0.39, 0.29) is 22.1 Å². The number of amides is 2. The van der Waals surface area contributed by atoms with Gasteiger partial charge in [0.15, 0.2) is 5.17 Å². The first-order valence-corrected chi connectivity index (χ1v) is 11.6. The van der Waals surface area contributed by atoms with Crippen LogP contribution >= 0.6 is 11.8 Å². The monoisotopic (exact) mass is 479 g/mol. The van der Waals surface area contributed by atoms with E-state index in [4.69, 9.17) is 4.74 Å². The minimum absolute atomic E-state index is 0.142. The summed E-state index contributed by atoms with van der Waals surface area (Å²) in [5.41, 5.74) is 1.48. The second-order valence-electron chi connectivity index (χ2n) is 7.89. The van der Waals surface area contributed by atoms with Crippen molar-refractivity contribution in [2.24, 2.45) is 4.99 Å². The predicted octanol–water partition coefficient (Wildman–Crippen LogP) is 2.85. The first kappa shape index (κ1) is 22.3. The van der Waals surface area contributed by atoms with E-state index in [9.17, 15) is 19.7 Å². The third-order valence-electron chi connectivity index (χ3n) is 5.77. The summed E-state index contributed by atoms with van der Waals surface area (Å²) in [6.45, 7) is 3.91. The van der Waals surface area contributed by atoms with Crippen LogP contribution in [0.1, 0.15) is 5.56 Å². The second kappa shape index (κ2) is 9.37. The van der Waals surface area contributed by atoms with Gasteiger partial charge in [-0.15, -0.1) is 0 Å². The molecule has 0 radical (unpaired) electrons. The lowest BCUT2D eigenvalue weighted by Crippen LogP contribution is -2.42. The first-order chi connectivity index (χ1) is 16.5. The summed E-state index contributed by atoms with van der Waals surface area (Å²) < 4.78 is 5.40. The molecule has 2 saturated heterocycles. The Balaban J connectivity index is 1.53. The van der Waals surface area contributed by atoms with Crippen LogP contribution in [0.5, 0.6) is 0 Å². The Bertz CT molecular complexity index is 1220. The molecule has 3 aliphatic rings. The van der Waals surface area contributed by atoms with Crippen molar-refractivity contribution >= 4 is 51.4 Å². The van der Waals surface area contributed by atoms with Crippen LogP contribution in [0.4, 0.5) is 17.1 Å². The molecule has 0 bridgehead atoms. The fraction of sp³-hybridized carbons (Fsp3) is 0.261. The van der Waals surface area contributed by atoms with Crippen LogP contribution < -0.4 is 5.32 Å². The zero-order valence-electron chi connectivity index (χ0n) is 18.1. The van der Waals surface area contributed by atoms with Crippen molar-refractivity contribution in [2.75, 3.05) is 44.7 Å². The van der Waals surface area contributed by atoms with Gasteiger partial charge in [0.05, 0.1) is 34.3 Å². The molecule has 10 nitrogen and oxygen atoms in total. The Morgan fingerprint density at radius 2 is 1.85 bits per heavy atom. The van der Waals surface area contributed by atoms with Crippen molar-refractivity contribution in [1.82, 2.24) is 9.80 Å². The number of rotatable bonds is 5. The molecule has 3 heterocycles. The van der Waals surface area contributed by atoms with Crippen LogP contribution in [-0.2, 0) is 14.3 Å². The zero-order chi connectivity index (χ0) is 23.7. The smallest absolute Gasteiger partial charge is 0.270 e. The number of hydrogen-bond acceptors (Lipinski definition) is 8. The number of benzene rings is 2. The van der Waals surface area contributed by atoms with E-state index in [2.05, 4.69) is 15.2 Å². The van der Waals surface area contributed by atoms with Gasteiger partial charge in [-0.2, -0.15) is 0 Å². The molecular formula is C23H21N5O5S. The van der Waals surface area contributed by atoms with E-state index in [0.29, 0.717) is 48.4 Å². The molecule has 2 aromatic carbocycles. The fourth-order valence-corrected chi connectivity index (χ4v) is 5.13. The topological polar surface area (TPSA) is 117 Å². The van der Waals surface area contributed by atoms with E-state index in [1.54, 1.807) is 4.90 Å². The largest absolute Gasteiger partial charge is 0.379 e. The lowest BCUT2D eigenvalue weighted by molar-refractivity contribution is -0.384. The molecule has 0 aromatic heterocycles. The molecule has 0 unspecified atom stereocenters. The van der Waals surface area contributed by atoms with Gasteiger partial charge in [-0.25, -0.2) is 4.99 Å². The Kier molecular flexibility index (Phi) is 6.14. The summed E-state index contributed by atoms with van der Waals surface area (Å²) >= 11 is 1.12. The Labute approximate surface area is 199 Å². The number of carbonyl (C=O) groups is 2. The van der Waals surface area contributed by atoms with Gasteiger partial charge in [0.1, 0.15) is 0 Å². The number of anilines is 1. The van der Waals surface area contributed by atoms with Crippen LogP contribution in [0.25, 0.3) is 5.57 Å². The van der Waals surface area contributed by atoms with Crippen molar-refractivity contribution in [3.63, 3.8) is 0 Å². The number of para-hydroxylation sites is 1. The number of morpholine rings is 1. The molecule has 2 fully saturated rings. The summed E-state index contributed by atoms with van der Waals surface area (Å²) in [7, 11) is 0. The minimum atomic E-state index is -0.522. The minimum Gasteiger partial charge on any atom is -0.379 e. The molecule has 5 rings (SSSR count). The van der Waals surface area contributed by atoms with Crippen LogP contribution in [0.15, 0.2) is 58.4 Å². The van der Waals surface area contributed by atoms with E-state index in [0.717, 1.165) is 24.9 Å². The van der Waals surface area contributed by atoms with Gasteiger partial charge in [0.25, 0.3) is 17.5 Å². The van der Waals surface area contributed by atoms with E-state index >= 15 is 0 Å². The van der Waals surface area contributed by atoms with Gasteiger partial charge in [0, 0.05) is 49.6 Å². The fourth-order valence-electron chi connectivity index (χ4n) is 4.01. The maximum absolute atomic E-state index is 13.5. The Morgan fingerprint density at radius 1 is 1.09 bits per heavy atom. The van der Waals surface area contributed by atoms with Crippen LogP contribution in [-0.4, -0.2) is 71.1 Å². The number of thioether (sulfide) groups is 1. The summed E-state index contributed by atoms with van der Waals surface area (Å²) in [5, 5.41) is 14.5. The standard InChI is InChI=1S/C23H21N5O5S/c29-21-19(17-14-16(28(31)32)6-7-18(17)25-21)20-22(30)27(9-8-26-10-12-33-13-11-26)23(34-20)24-15-4-2-1-3-5-15/h1-7,14H,8-13H2,(H,25,29)/b20-19-,24-23-. The van der Waals surface area contributed by atoms with Crippen LogP contribution in [0, 0.1) is 10.1 Å². The third-order valence-corrected chi connectivity index (χ3v) is 6.85. The molecule has 2 amide bonds. The number of nitrogens with zero attached hydrogens (tertiary/aromatic N) is 4. The molecule has 0 atom stereocenters. The van der Waals surface area contributed by atoms with Crippen molar-refractivity contribution < 1.29 is 19.2 Å². The number of fused-ring (bicyclic) bond motifs is 1. The van der Waals surface area contributed by atoms with Gasteiger partial charge >= 0.3 is 0 Å². The number of nitrogens with one attached hydrogen (secondary N) is 1. The quantitative estimate of drug-likeness (QED) is 0.398. The lowest BCUT2D eigenvalue weighted by Gasteiger charge is -2.28. The SMILES string of the molecule is O=C1Nc2ccc([N+](=O)[O-])cc2/C1=C1/S/C(=N\c2ccccc2)N(CCN2CCOCC2)C1=O.